The fraction of sp³-hybridized carbons (Fsp3) is 0.636. The first-order chi connectivity index (χ1) is 11.6. The van der Waals surface area contributed by atoms with Crippen LogP contribution in [-0.2, 0) is 0 Å². The van der Waals surface area contributed by atoms with Gasteiger partial charge in [0.25, 0.3) is 0 Å². The smallest absolute Gasteiger partial charge is 0.164 e. The van der Waals surface area contributed by atoms with E-state index < -0.39 is 16.3 Å². The van der Waals surface area contributed by atoms with Crippen LogP contribution in [-0.4, -0.2) is 22.9 Å². The molecule has 0 aliphatic rings. The third-order valence-corrected chi connectivity index (χ3v) is 15.8. The third-order valence-electron chi connectivity index (χ3n) is 6.07. The molecule has 0 aliphatic heterocycles. The van der Waals surface area contributed by atoms with Crippen molar-refractivity contribution in [1.82, 2.24) is 0 Å². The predicted molar refractivity (Wildman–Crippen MR) is 122 cm³/mol. The van der Waals surface area contributed by atoms with E-state index in [4.69, 9.17) is 0 Å². The highest BCUT2D eigenvalue weighted by Crippen LogP contribution is 2.46. The molecular formula is C22H41NSi2. The van der Waals surface area contributed by atoms with Gasteiger partial charge < -0.3 is 4.57 Å². The van der Waals surface area contributed by atoms with Gasteiger partial charge >= 0.3 is 0 Å². The molecule has 0 N–H and O–H groups in total. The van der Waals surface area contributed by atoms with Crippen LogP contribution in [0.3, 0.4) is 0 Å². The van der Waals surface area contributed by atoms with E-state index in [2.05, 4.69) is 102 Å². The molecular weight excluding hydrogens is 334 g/mol. The summed E-state index contributed by atoms with van der Waals surface area (Å²) in [4.78, 5) is 0. The van der Waals surface area contributed by atoms with Gasteiger partial charge in [0.15, 0.2) is 8.24 Å². The van der Waals surface area contributed by atoms with Crippen molar-refractivity contribution >= 4 is 22.0 Å². The average molecular weight is 376 g/mol. The summed E-state index contributed by atoms with van der Waals surface area (Å²) in [6.45, 7) is 24.9. The Morgan fingerprint density at radius 1 is 0.920 bits per heavy atom. The minimum atomic E-state index is -1.68. The van der Waals surface area contributed by atoms with Crippen molar-refractivity contribution in [2.75, 3.05) is 11.1 Å². The molecule has 0 aromatic heterocycles. The highest BCUT2D eigenvalue weighted by molar-refractivity contribution is 6.86. The lowest BCUT2D eigenvalue weighted by Crippen LogP contribution is -2.61. The van der Waals surface area contributed by atoms with Gasteiger partial charge in [0.2, 0.25) is 0 Å². The van der Waals surface area contributed by atoms with Gasteiger partial charge in [-0.2, -0.15) is 0 Å². The Morgan fingerprint density at radius 3 is 1.80 bits per heavy atom. The maximum absolute atomic E-state index is 4.08. The second-order valence-corrected chi connectivity index (χ2v) is 19.8. The molecule has 0 bridgehead atoms. The SMILES string of the molecule is C=C[Si](C)(C)CCCN(c1ccccc1)[Si](C(C)C)(C(C)C)C(C)C. The Morgan fingerprint density at radius 2 is 1.40 bits per heavy atom. The van der Waals surface area contributed by atoms with E-state index in [9.17, 15) is 0 Å². The van der Waals surface area contributed by atoms with Gasteiger partial charge in [-0.1, -0.05) is 78.9 Å². The third kappa shape index (κ3) is 5.10. The summed E-state index contributed by atoms with van der Waals surface area (Å²) >= 11 is 0. The minimum absolute atomic E-state index is 0.734. The quantitative estimate of drug-likeness (QED) is 0.383. The molecule has 1 rings (SSSR count). The Kier molecular flexibility index (Phi) is 8.20. The minimum Gasteiger partial charge on any atom is -0.396 e. The Hall–Kier alpha value is -0.806. The molecule has 0 unspecified atom stereocenters. The second-order valence-electron chi connectivity index (χ2n) is 9.13. The van der Waals surface area contributed by atoms with Gasteiger partial charge in [-0.25, -0.2) is 0 Å². The van der Waals surface area contributed by atoms with Crippen molar-refractivity contribution in [3.05, 3.63) is 42.6 Å². The summed E-state index contributed by atoms with van der Waals surface area (Å²) in [5, 5.41) is 0. The molecule has 0 saturated carbocycles. The van der Waals surface area contributed by atoms with Gasteiger partial charge in [0, 0.05) is 12.2 Å². The Balaban J connectivity index is 3.27. The predicted octanol–water partition coefficient (Wildman–Crippen LogP) is 7.49. The van der Waals surface area contributed by atoms with Crippen LogP contribution < -0.4 is 4.57 Å². The normalized spacial score (nSPS) is 12.9. The molecule has 25 heavy (non-hydrogen) atoms. The maximum atomic E-state index is 4.08. The van der Waals surface area contributed by atoms with Crippen LogP contribution in [0.25, 0.3) is 0 Å². The monoisotopic (exact) mass is 375 g/mol. The number of nitrogens with zero attached hydrogens (tertiary/aromatic N) is 1. The van der Waals surface area contributed by atoms with E-state index >= 15 is 0 Å². The standard InChI is InChI=1S/C22H41NSi2/c1-10-24(8,9)18-14-17-23(22-15-12-11-13-16-22)25(19(2)3,20(4)5)21(6)7/h10-13,15-16,19-21H,1,14,17-18H2,2-9H3. The number of para-hydroxylation sites is 1. The van der Waals surface area contributed by atoms with Gasteiger partial charge in [-0.15, -0.1) is 12.3 Å². The topological polar surface area (TPSA) is 3.24 Å². The molecule has 0 aliphatic carbocycles. The summed E-state index contributed by atoms with van der Waals surface area (Å²) < 4.78 is 2.88. The summed E-state index contributed by atoms with van der Waals surface area (Å²) in [7, 11) is -2.91. The number of hydrogen-bond donors (Lipinski definition) is 0. The van der Waals surface area contributed by atoms with Crippen LogP contribution in [0.15, 0.2) is 42.6 Å². The fourth-order valence-corrected chi connectivity index (χ4v) is 13.2. The second kappa shape index (κ2) is 9.22. The van der Waals surface area contributed by atoms with Crippen LogP contribution >= 0.6 is 0 Å². The van der Waals surface area contributed by atoms with Crippen molar-refractivity contribution in [2.24, 2.45) is 0 Å². The van der Waals surface area contributed by atoms with Crippen molar-refractivity contribution in [2.45, 2.75) is 83.7 Å². The summed E-state index contributed by atoms with van der Waals surface area (Å²) in [6.07, 6.45) is 1.28. The first-order valence-electron chi connectivity index (χ1n) is 10.1. The molecule has 0 heterocycles. The molecule has 1 aromatic rings. The summed E-state index contributed by atoms with van der Waals surface area (Å²) in [6, 6.07) is 12.5. The molecule has 1 nitrogen and oxygen atoms in total. The first kappa shape index (κ1) is 22.2. The largest absolute Gasteiger partial charge is 0.396 e. The van der Waals surface area contributed by atoms with Gasteiger partial charge in [0.05, 0.1) is 8.07 Å². The lowest BCUT2D eigenvalue weighted by atomic mass is 10.3. The molecule has 0 saturated heterocycles. The van der Waals surface area contributed by atoms with Gasteiger partial charge in [-0.05, 0) is 35.2 Å². The highest BCUT2D eigenvalue weighted by atomic mass is 28.3. The van der Waals surface area contributed by atoms with Crippen LogP contribution in [0.2, 0.25) is 35.8 Å². The zero-order valence-electron chi connectivity index (χ0n) is 18.0. The zero-order chi connectivity index (χ0) is 19.3. The molecule has 3 heteroatoms. The molecule has 0 atom stereocenters. The van der Waals surface area contributed by atoms with Gasteiger partial charge in [0.1, 0.15) is 0 Å². The zero-order valence-corrected chi connectivity index (χ0v) is 20.0. The molecule has 0 radical (unpaired) electrons. The van der Waals surface area contributed by atoms with Crippen molar-refractivity contribution in [1.29, 1.82) is 0 Å². The Labute approximate surface area is 159 Å². The van der Waals surface area contributed by atoms with Crippen molar-refractivity contribution in [3.63, 3.8) is 0 Å². The van der Waals surface area contributed by atoms with Crippen LogP contribution in [0.1, 0.15) is 48.0 Å². The number of benzene rings is 1. The van der Waals surface area contributed by atoms with E-state index in [-0.39, 0.29) is 0 Å². The van der Waals surface area contributed by atoms with E-state index in [0.717, 1.165) is 16.6 Å². The molecule has 1 aromatic carbocycles. The Bertz CT molecular complexity index is 498. The van der Waals surface area contributed by atoms with Crippen LogP contribution in [0.5, 0.6) is 0 Å². The first-order valence-corrected chi connectivity index (χ1v) is 15.5. The van der Waals surface area contributed by atoms with E-state index in [1.165, 1.54) is 24.7 Å². The van der Waals surface area contributed by atoms with Crippen molar-refractivity contribution in [3.8, 4) is 0 Å². The number of anilines is 1. The highest BCUT2D eigenvalue weighted by Gasteiger charge is 2.48. The number of hydrogen-bond acceptors (Lipinski definition) is 1. The maximum Gasteiger partial charge on any atom is 0.164 e. The van der Waals surface area contributed by atoms with Crippen molar-refractivity contribution < 1.29 is 0 Å². The van der Waals surface area contributed by atoms with Crippen LogP contribution in [0.4, 0.5) is 5.69 Å². The summed E-state index contributed by atoms with van der Waals surface area (Å²) in [5.74, 6) is 0. The average Bonchev–Trinajstić information content (AvgIpc) is 2.53. The number of rotatable bonds is 10. The lowest BCUT2D eigenvalue weighted by molar-refractivity contribution is 0.755. The lowest BCUT2D eigenvalue weighted by Gasteiger charge is -2.52. The fourth-order valence-electron chi connectivity index (χ4n) is 4.88. The summed E-state index contributed by atoms with van der Waals surface area (Å²) in [5.41, 5.74) is 5.88. The van der Waals surface area contributed by atoms with E-state index in [0.29, 0.717) is 0 Å². The van der Waals surface area contributed by atoms with Crippen LogP contribution in [0, 0.1) is 0 Å². The van der Waals surface area contributed by atoms with E-state index in [1.807, 2.05) is 0 Å². The molecule has 0 fully saturated rings. The molecule has 0 amide bonds. The molecule has 0 spiro atoms. The van der Waals surface area contributed by atoms with Gasteiger partial charge in [-0.3, -0.25) is 0 Å². The van der Waals surface area contributed by atoms with E-state index in [1.54, 1.807) is 0 Å². The molecule has 142 valence electrons.